The zero-order valence-corrected chi connectivity index (χ0v) is 16.1. The van der Waals surface area contributed by atoms with Crippen molar-refractivity contribution in [3.63, 3.8) is 0 Å². The number of anilines is 1. The van der Waals surface area contributed by atoms with Crippen molar-refractivity contribution in [3.8, 4) is 0 Å². The number of rotatable bonds is 5. The molecule has 0 spiro atoms. The molecule has 0 fully saturated rings. The number of esters is 1. The average Bonchev–Trinajstić information content (AvgIpc) is 3.02. The fourth-order valence-corrected chi connectivity index (χ4v) is 3.39. The molecule has 0 atom stereocenters. The first-order valence-corrected chi connectivity index (χ1v) is 9.14. The van der Waals surface area contributed by atoms with Gasteiger partial charge in [-0.2, -0.15) is 0 Å². The van der Waals surface area contributed by atoms with Crippen LogP contribution in [-0.2, 0) is 18.3 Å². The van der Waals surface area contributed by atoms with Crippen molar-refractivity contribution in [2.75, 3.05) is 18.6 Å². The van der Waals surface area contributed by atoms with Crippen LogP contribution in [0.2, 0.25) is 0 Å². The summed E-state index contributed by atoms with van der Waals surface area (Å²) in [6, 6.07) is 15.6. The molecule has 7 nitrogen and oxygen atoms in total. The molecule has 2 heterocycles. The Kier molecular flexibility index (Phi) is 4.65. The molecular formula is C21H21N5O2. The molecule has 0 N–H and O–H groups in total. The van der Waals surface area contributed by atoms with E-state index in [4.69, 9.17) is 9.72 Å². The molecule has 28 heavy (non-hydrogen) atoms. The quantitative estimate of drug-likeness (QED) is 0.498. The van der Waals surface area contributed by atoms with Crippen molar-refractivity contribution in [1.82, 2.24) is 19.7 Å². The largest absolute Gasteiger partial charge is 0.461 e. The highest BCUT2D eigenvalue weighted by molar-refractivity contribution is 6.03. The van der Waals surface area contributed by atoms with Gasteiger partial charge in [-0.05, 0) is 25.1 Å². The van der Waals surface area contributed by atoms with Crippen molar-refractivity contribution >= 4 is 33.6 Å². The third-order valence-corrected chi connectivity index (χ3v) is 4.75. The van der Waals surface area contributed by atoms with Gasteiger partial charge in [-0.15, -0.1) is 10.2 Å². The summed E-state index contributed by atoms with van der Waals surface area (Å²) in [5.41, 5.74) is 3.63. The van der Waals surface area contributed by atoms with Gasteiger partial charge in [-0.1, -0.05) is 30.3 Å². The number of aryl methyl sites for hydroxylation is 1. The summed E-state index contributed by atoms with van der Waals surface area (Å²) in [7, 11) is 3.92. The van der Waals surface area contributed by atoms with Crippen LogP contribution >= 0.6 is 0 Å². The number of nitrogens with zero attached hydrogens (tertiary/aromatic N) is 5. The maximum absolute atomic E-state index is 12.5. The highest BCUT2D eigenvalue weighted by atomic mass is 16.5. The predicted octanol–water partition coefficient (Wildman–Crippen LogP) is 3.33. The summed E-state index contributed by atoms with van der Waals surface area (Å²) in [4.78, 5) is 19.2. The van der Waals surface area contributed by atoms with Crippen molar-refractivity contribution in [3.05, 3.63) is 60.0 Å². The molecule has 0 saturated carbocycles. The molecule has 0 radical (unpaired) electrons. The zero-order chi connectivity index (χ0) is 19.7. The smallest absolute Gasteiger partial charge is 0.361 e. The van der Waals surface area contributed by atoms with E-state index in [0.29, 0.717) is 12.2 Å². The number of imidazole rings is 1. The Morgan fingerprint density at radius 2 is 1.79 bits per heavy atom. The molecule has 0 saturated heterocycles. The Morgan fingerprint density at radius 3 is 2.54 bits per heavy atom. The molecule has 4 rings (SSSR count). The Labute approximate surface area is 162 Å². The van der Waals surface area contributed by atoms with Crippen LogP contribution < -0.4 is 4.90 Å². The van der Waals surface area contributed by atoms with Gasteiger partial charge in [0, 0.05) is 19.5 Å². The van der Waals surface area contributed by atoms with Gasteiger partial charge in [-0.25, -0.2) is 9.78 Å². The number of benzene rings is 2. The molecular weight excluding hydrogens is 354 g/mol. The van der Waals surface area contributed by atoms with Crippen LogP contribution in [0.15, 0.2) is 48.5 Å². The second-order valence-corrected chi connectivity index (χ2v) is 6.57. The number of para-hydroxylation sites is 2. The molecule has 0 aliphatic rings. The fraction of sp³-hybridized carbons (Fsp3) is 0.238. The number of aromatic nitrogens is 4. The molecule has 0 unspecified atom stereocenters. The molecule has 0 bridgehead atoms. The predicted molar refractivity (Wildman–Crippen MR) is 108 cm³/mol. The van der Waals surface area contributed by atoms with E-state index in [1.165, 1.54) is 0 Å². The molecule has 142 valence electrons. The first-order chi connectivity index (χ1) is 13.6. The lowest BCUT2D eigenvalue weighted by Crippen LogP contribution is -2.23. The van der Waals surface area contributed by atoms with Gasteiger partial charge in [0.2, 0.25) is 0 Å². The number of hydrogen-bond acceptors (Lipinski definition) is 6. The SMILES string of the molecule is CCOC(=O)c1nnc2ccccc2c1N(C)Cc1nc2ccccc2n1C. The number of hydrogen-bond donors (Lipinski definition) is 0. The second kappa shape index (κ2) is 7.26. The topological polar surface area (TPSA) is 73.1 Å². The minimum atomic E-state index is -0.479. The van der Waals surface area contributed by atoms with E-state index < -0.39 is 5.97 Å². The normalized spacial score (nSPS) is 11.1. The van der Waals surface area contributed by atoms with Gasteiger partial charge < -0.3 is 14.2 Å². The van der Waals surface area contributed by atoms with Crippen LogP contribution in [0.25, 0.3) is 21.9 Å². The zero-order valence-electron chi connectivity index (χ0n) is 16.1. The highest BCUT2D eigenvalue weighted by Gasteiger charge is 2.22. The summed E-state index contributed by atoms with van der Waals surface area (Å²) < 4.78 is 7.26. The Balaban J connectivity index is 1.80. The van der Waals surface area contributed by atoms with E-state index in [-0.39, 0.29) is 12.3 Å². The van der Waals surface area contributed by atoms with Crippen LogP contribution in [0, 0.1) is 0 Å². The molecule has 0 aliphatic carbocycles. The lowest BCUT2D eigenvalue weighted by Gasteiger charge is -2.22. The summed E-state index contributed by atoms with van der Waals surface area (Å²) in [6.45, 7) is 2.56. The van der Waals surface area contributed by atoms with Crippen molar-refractivity contribution in [1.29, 1.82) is 0 Å². The first-order valence-electron chi connectivity index (χ1n) is 9.14. The number of carbonyl (C=O) groups is 1. The third kappa shape index (κ3) is 3.05. The molecule has 4 aromatic rings. The first kappa shape index (κ1) is 17.9. The van der Waals surface area contributed by atoms with E-state index in [1.54, 1.807) is 6.92 Å². The van der Waals surface area contributed by atoms with Crippen LogP contribution in [0.5, 0.6) is 0 Å². The van der Waals surface area contributed by atoms with Gasteiger partial charge in [-0.3, -0.25) is 0 Å². The van der Waals surface area contributed by atoms with Crippen LogP contribution in [0.3, 0.4) is 0 Å². The lowest BCUT2D eigenvalue weighted by molar-refractivity contribution is 0.0519. The number of ether oxygens (including phenoxy) is 1. The molecule has 2 aromatic carbocycles. The van der Waals surface area contributed by atoms with Gasteiger partial charge in [0.1, 0.15) is 5.82 Å². The van der Waals surface area contributed by atoms with E-state index in [9.17, 15) is 4.79 Å². The number of carbonyl (C=O) groups excluding carboxylic acids is 1. The number of fused-ring (bicyclic) bond motifs is 2. The third-order valence-electron chi connectivity index (χ3n) is 4.75. The average molecular weight is 375 g/mol. The van der Waals surface area contributed by atoms with Crippen LogP contribution in [0.4, 0.5) is 5.69 Å². The molecule has 7 heteroatoms. The van der Waals surface area contributed by atoms with Crippen molar-refractivity contribution in [2.45, 2.75) is 13.5 Å². The van der Waals surface area contributed by atoms with Gasteiger partial charge in [0.15, 0.2) is 5.69 Å². The standard InChI is InChI=1S/C21H21N5O2/c1-4-28-21(27)19-20(14-9-5-6-10-15(14)23-24-19)25(2)13-18-22-16-11-7-8-12-17(16)26(18)3/h5-12H,4,13H2,1-3H3. The van der Waals surface area contributed by atoms with Gasteiger partial charge >= 0.3 is 5.97 Å². The van der Waals surface area contributed by atoms with Gasteiger partial charge in [0.05, 0.1) is 35.4 Å². The molecule has 0 amide bonds. The van der Waals surface area contributed by atoms with Crippen LogP contribution in [-0.4, -0.2) is 39.4 Å². The highest BCUT2D eigenvalue weighted by Crippen LogP contribution is 2.29. The van der Waals surface area contributed by atoms with E-state index in [0.717, 1.165) is 27.8 Å². The Morgan fingerprint density at radius 1 is 1.07 bits per heavy atom. The lowest BCUT2D eigenvalue weighted by atomic mass is 10.1. The summed E-state index contributed by atoms with van der Waals surface area (Å²) in [5, 5.41) is 9.20. The van der Waals surface area contributed by atoms with E-state index >= 15 is 0 Å². The maximum atomic E-state index is 12.5. The fourth-order valence-electron chi connectivity index (χ4n) is 3.39. The minimum Gasteiger partial charge on any atom is -0.461 e. The summed E-state index contributed by atoms with van der Waals surface area (Å²) >= 11 is 0. The molecule has 0 aliphatic heterocycles. The molecule has 2 aromatic heterocycles. The summed E-state index contributed by atoms with van der Waals surface area (Å²) in [5.74, 6) is 0.409. The minimum absolute atomic E-state index is 0.210. The summed E-state index contributed by atoms with van der Waals surface area (Å²) in [6.07, 6.45) is 0. The van der Waals surface area contributed by atoms with Gasteiger partial charge in [0.25, 0.3) is 0 Å². The van der Waals surface area contributed by atoms with Crippen molar-refractivity contribution < 1.29 is 9.53 Å². The maximum Gasteiger partial charge on any atom is 0.361 e. The monoisotopic (exact) mass is 375 g/mol. The van der Waals surface area contributed by atoms with Crippen LogP contribution in [0.1, 0.15) is 23.2 Å². The Bertz CT molecular complexity index is 1170. The van der Waals surface area contributed by atoms with Crippen molar-refractivity contribution in [2.24, 2.45) is 7.05 Å². The van der Waals surface area contributed by atoms with E-state index in [2.05, 4.69) is 14.8 Å². The second-order valence-electron chi connectivity index (χ2n) is 6.57. The Hall–Kier alpha value is -3.48. The van der Waals surface area contributed by atoms with E-state index in [1.807, 2.05) is 67.5 Å².